The van der Waals surface area contributed by atoms with E-state index in [0.29, 0.717) is 30.0 Å². The van der Waals surface area contributed by atoms with Crippen molar-refractivity contribution in [2.75, 3.05) is 19.7 Å². The summed E-state index contributed by atoms with van der Waals surface area (Å²) < 4.78 is 5.95. The molecule has 1 heterocycles. The van der Waals surface area contributed by atoms with Gasteiger partial charge in [-0.3, -0.25) is 0 Å². The van der Waals surface area contributed by atoms with Gasteiger partial charge in [0, 0.05) is 30.5 Å². The Hall–Kier alpha value is -0.300. The maximum Gasteiger partial charge on any atom is 0.191 e. The topological polar surface area (TPSA) is 45.7 Å². The van der Waals surface area contributed by atoms with Crippen LogP contribution in [0, 0.1) is 11.3 Å². The number of halogens is 1. The van der Waals surface area contributed by atoms with Gasteiger partial charge in [0.25, 0.3) is 0 Å². The summed E-state index contributed by atoms with van der Waals surface area (Å²) in [6, 6.07) is 0.552. The molecule has 114 valence electrons. The van der Waals surface area contributed by atoms with Crippen molar-refractivity contribution in [3.8, 4) is 0 Å². The average Bonchev–Trinajstić information content (AvgIpc) is 2.76. The minimum absolute atomic E-state index is 0. The van der Waals surface area contributed by atoms with Crippen molar-refractivity contribution in [2.24, 2.45) is 16.3 Å². The molecule has 3 aliphatic rings. The zero-order valence-electron chi connectivity index (χ0n) is 12.2. The Balaban J connectivity index is 0.00000147. The van der Waals surface area contributed by atoms with E-state index in [9.17, 15) is 0 Å². The van der Waals surface area contributed by atoms with Gasteiger partial charge in [0.05, 0.1) is 12.6 Å². The number of nitrogens with one attached hydrogen (secondary N) is 2. The van der Waals surface area contributed by atoms with Crippen molar-refractivity contribution >= 4 is 29.9 Å². The highest BCUT2D eigenvalue weighted by molar-refractivity contribution is 14.0. The second kappa shape index (κ2) is 6.64. The molecule has 1 spiro atoms. The Bertz CT molecular complexity index is 381. The van der Waals surface area contributed by atoms with E-state index in [-0.39, 0.29) is 24.0 Å². The van der Waals surface area contributed by atoms with Gasteiger partial charge < -0.3 is 15.4 Å². The summed E-state index contributed by atoms with van der Waals surface area (Å²) in [4.78, 5) is 4.53. The van der Waals surface area contributed by atoms with Gasteiger partial charge in [-0.25, -0.2) is 4.99 Å². The Kier molecular flexibility index (Phi) is 5.34. The van der Waals surface area contributed by atoms with E-state index in [0.717, 1.165) is 19.1 Å². The van der Waals surface area contributed by atoms with Crippen LogP contribution in [0.4, 0.5) is 0 Å². The summed E-state index contributed by atoms with van der Waals surface area (Å²) in [5, 5.41) is 7.00. The second-order valence-electron chi connectivity index (χ2n) is 5.96. The molecule has 3 fully saturated rings. The Morgan fingerprint density at radius 2 is 2.30 bits per heavy atom. The highest BCUT2D eigenvalue weighted by atomic mass is 127. The van der Waals surface area contributed by atoms with Crippen LogP contribution in [-0.2, 0) is 4.74 Å². The van der Waals surface area contributed by atoms with Crippen molar-refractivity contribution < 1.29 is 4.74 Å². The fourth-order valence-corrected chi connectivity index (χ4v) is 4.08. The van der Waals surface area contributed by atoms with E-state index < -0.39 is 0 Å². The van der Waals surface area contributed by atoms with E-state index in [1.165, 1.54) is 25.7 Å². The van der Waals surface area contributed by atoms with Gasteiger partial charge in [0.2, 0.25) is 0 Å². The zero-order chi connectivity index (χ0) is 13.3. The van der Waals surface area contributed by atoms with Crippen molar-refractivity contribution in [2.45, 2.75) is 44.8 Å². The molecule has 1 saturated heterocycles. The Morgan fingerprint density at radius 3 is 2.90 bits per heavy atom. The monoisotopic (exact) mass is 391 g/mol. The van der Waals surface area contributed by atoms with Crippen LogP contribution in [0.1, 0.15) is 32.6 Å². The zero-order valence-corrected chi connectivity index (χ0v) is 14.6. The van der Waals surface area contributed by atoms with Gasteiger partial charge >= 0.3 is 0 Å². The lowest BCUT2D eigenvalue weighted by Gasteiger charge is -2.63. The smallest absolute Gasteiger partial charge is 0.191 e. The summed E-state index contributed by atoms with van der Waals surface area (Å²) in [5.41, 5.74) is 0.408. The lowest BCUT2D eigenvalue weighted by molar-refractivity contribution is -0.171. The number of guanidine groups is 1. The quantitative estimate of drug-likeness (QED) is 0.335. The number of ether oxygens (including phenoxy) is 1. The number of rotatable bonds is 4. The fraction of sp³-hybridized carbons (Fsp3) is 0.800. The minimum atomic E-state index is 0. The van der Waals surface area contributed by atoms with Crippen LogP contribution in [0.3, 0.4) is 0 Å². The molecule has 5 heteroatoms. The third-order valence-electron chi connectivity index (χ3n) is 5.05. The number of hydrogen-bond acceptors (Lipinski definition) is 2. The first-order chi connectivity index (χ1) is 9.31. The molecule has 3 unspecified atom stereocenters. The maximum absolute atomic E-state index is 5.95. The van der Waals surface area contributed by atoms with Crippen molar-refractivity contribution in [3.05, 3.63) is 12.7 Å². The van der Waals surface area contributed by atoms with Crippen LogP contribution < -0.4 is 10.6 Å². The number of fused-ring (bicyclic) bond motifs is 2. The normalized spacial score (nSPS) is 33.5. The lowest BCUT2D eigenvalue weighted by atomic mass is 9.46. The van der Waals surface area contributed by atoms with Gasteiger partial charge in [-0.05, 0) is 26.2 Å². The maximum atomic E-state index is 5.95. The van der Waals surface area contributed by atoms with Gasteiger partial charge in [-0.1, -0.05) is 12.5 Å². The molecule has 0 amide bonds. The standard InChI is InChI=1S/C15H25N3O.HI/c1-3-9-17-14(16-4-2)18-12-11-6-10-19-13(11)15(12)7-5-8-15;/h3,11-13H,1,4-10H2,2H3,(H2,16,17,18);1H. The first kappa shape index (κ1) is 16.1. The van der Waals surface area contributed by atoms with E-state index in [2.05, 4.69) is 29.1 Å². The highest BCUT2D eigenvalue weighted by Gasteiger charge is 2.66. The molecule has 0 aromatic carbocycles. The Labute approximate surface area is 138 Å². The van der Waals surface area contributed by atoms with Crippen LogP contribution in [0.5, 0.6) is 0 Å². The summed E-state index contributed by atoms with van der Waals surface area (Å²) in [6.07, 6.45) is 7.52. The predicted octanol–water partition coefficient (Wildman–Crippen LogP) is 2.30. The SMILES string of the molecule is C=CCN=C(NCC)NC1C2CCOC2C12CCC2.I. The molecule has 3 atom stereocenters. The summed E-state index contributed by atoms with van der Waals surface area (Å²) in [5.74, 6) is 1.62. The number of nitrogens with zero attached hydrogens (tertiary/aromatic N) is 1. The minimum Gasteiger partial charge on any atom is -0.377 e. The second-order valence-corrected chi connectivity index (χ2v) is 5.96. The molecule has 0 aromatic heterocycles. The van der Waals surface area contributed by atoms with Gasteiger partial charge in [-0.15, -0.1) is 30.6 Å². The third kappa shape index (κ3) is 2.47. The van der Waals surface area contributed by atoms with E-state index >= 15 is 0 Å². The molecule has 4 nitrogen and oxygen atoms in total. The van der Waals surface area contributed by atoms with Gasteiger partial charge in [0.1, 0.15) is 0 Å². The summed E-state index contributed by atoms with van der Waals surface area (Å²) >= 11 is 0. The predicted molar refractivity (Wildman–Crippen MR) is 92.6 cm³/mol. The van der Waals surface area contributed by atoms with Gasteiger partial charge in [0.15, 0.2) is 5.96 Å². The molecule has 20 heavy (non-hydrogen) atoms. The van der Waals surface area contributed by atoms with E-state index in [4.69, 9.17) is 4.74 Å². The van der Waals surface area contributed by atoms with Crippen LogP contribution in [0.15, 0.2) is 17.6 Å². The van der Waals surface area contributed by atoms with E-state index in [1.54, 1.807) is 0 Å². The van der Waals surface area contributed by atoms with Gasteiger partial charge in [-0.2, -0.15) is 0 Å². The van der Waals surface area contributed by atoms with Crippen molar-refractivity contribution in [1.82, 2.24) is 10.6 Å². The Morgan fingerprint density at radius 1 is 1.50 bits per heavy atom. The molecule has 0 bridgehead atoms. The molecular formula is C15H26IN3O. The van der Waals surface area contributed by atoms with Crippen LogP contribution in [0.2, 0.25) is 0 Å². The average molecular weight is 391 g/mol. The van der Waals surface area contributed by atoms with Crippen molar-refractivity contribution in [3.63, 3.8) is 0 Å². The van der Waals surface area contributed by atoms with Crippen LogP contribution in [-0.4, -0.2) is 37.8 Å². The summed E-state index contributed by atoms with van der Waals surface area (Å²) in [7, 11) is 0. The van der Waals surface area contributed by atoms with Crippen molar-refractivity contribution in [1.29, 1.82) is 0 Å². The highest BCUT2D eigenvalue weighted by Crippen LogP contribution is 2.62. The largest absolute Gasteiger partial charge is 0.377 e. The molecule has 2 saturated carbocycles. The summed E-state index contributed by atoms with van der Waals surface area (Å²) in [6.45, 7) is 8.34. The molecule has 2 N–H and O–H groups in total. The molecule has 2 aliphatic carbocycles. The van der Waals surface area contributed by atoms with Crippen LogP contribution >= 0.6 is 24.0 Å². The fourth-order valence-electron chi connectivity index (χ4n) is 4.08. The first-order valence-corrected chi connectivity index (χ1v) is 7.59. The molecule has 0 aromatic rings. The van der Waals surface area contributed by atoms with Crippen LogP contribution in [0.25, 0.3) is 0 Å². The third-order valence-corrected chi connectivity index (χ3v) is 5.05. The number of hydrogen-bond donors (Lipinski definition) is 2. The molecule has 1 aliphatic heterocycles. The molecule has 3 rings (SSSR count). The number of aliphatic imine (C=N–C) groups is 1. The first-order valence-electron chi connectivity index (χ1n) is 7.59. The molecule has 0 radical (unpaired) electrons. The lowest BCUT2D eigenvalue weighted by Crippen LogP contribution is -2.72. The van der Waals surface area contributed by atoms with E-state index in [1.807, 2.05) is 6.08 Å². The molecular weight excluding hydrogens is 365 g/mol.